The van der Waals surface area contributed by atoms with Crippen molar-refractivity contribution in [3.63, 3.8) is 0 Å². The van der Waals surface area contributed by atoms with E-state index in [1.54, 1.807) is 11.3 Å². The van der Waals surface area contributed by atoms with Crippen molar-refractivity contribution in [2.24, 2.45) is 0 Å². The lowest BCUT2D eigenvalue weighted by Gasteiger charge is -1.98. The van der Waals surface area contributed by atoms with E-state index in [4.69, 9.17) is 0 Å². The van der Waals surface area contributed by atoms with Crippen molar-refractivity contribution in [1.82, 2.24) is 10.3 Å². The third-order valence-corrected chi connectivity index (χ3v) is 2.44. The highest BCUT2D eigenvalue weighted by Gasteiger charge is 2.05. The Bertz CT molecular complexity index is 283. The maximum absolute atomic E-state index is 11.3. The minimum absolute atomic E-state index is 0.201. The molecular formula is C9H14N2OS. The Kier molecular flexibility index (Phi) is 4.05. The summed E-state index contributed by atoms with van der Waals surface area (Å²) >= 11 is 1.59. The van der Waals surface area contributed by atoms with Crippen LogP contribution in [0.5, 0.6) is 0 Å². The second-order valence-corrected chi connectivity index (χ2v) is 3.92. The first-order valence-corrected chi connectivity index (χ1v) is 5.23. The van der Waals surface area contributed by atoms with Gasteiger partial charge in [0, 0.05) is 5.38 Å². The number of nitrogens with one attached hydrogen (secondary N) is 1. The summed E-state index contributed by atoms with van der Waals surface area (Å²) in [7, 11) is 0. The van der Waals surface area contributed by atoms with Crippen LogP contribution in [0, 0.1) is 6.92 Å². The van der Waals surface area contributed by atoms with Crippen molar-refractivity contribution in [3.05, 3.63) is 16.1 Å². The first-order chi connectivity index (χ1) is 6.22. The number of ketones is 1. The highest BCUT2D eigenvalue weighted by atomic mass is 32.1. The van der Waals surface area contributed by atoms with Gasteiger partial charge in [0.05, 0.1) is 23.7 Å². The molecule has 13 heavy (non-hydrogen) atoms. The molecule has 0 aliphatic heterocycles. The molecule has 1 N–H and O–H groups in total. The molecule has 0 unspecified atom stereocenters. The number of hydrogen-bond acceptors (Lipinski definition) is 4. The van der Waals surface area contributed by atoms with E-state index in [2.05, 4.69) is 10.3 Å². The lowest BCUT2D eigenvalue weighted by molar-refractivity contribution is -0.117. The van der Waals surface area contributed by atoms with Crippen LogP contribution < -0.4 is 5.32 Å². The SMILES string of the molecule is CCNCC(=O)Cc1csc(C)n1. The number of Topliss-reactive ketones (excluding diaryl/α,β-unsaturated/α-hetero) is 1. The summed E-state index contributed by atoms with van der Waals surface area (Å²) in [6.45, 7) is 5.22. The van der Waals surface area contributed by atoms with Gasteiger partial charge in [0.1, 0.15) is 0 Å². The van der Waals surface area contributed by atoms with Gasteiger partial charge in [-0.2, -0.15) is 0 Å². The van der Waals surface area contributed by atoms with Crippen LogP contribution in [0.15, 0.2) is 5.38 Å². The smallest absolute Gasteiger partial charge is 0.152 e. The standard InChI is InChI=1S/C9H14N2OS/c1-3-10-5-9(12)4-8-6-13-7(2)11-8/h6,10H,3-5H2,1-2H3. The van der Waals surface area contributed by atoms with Gasteiger partial charge in [-0.3, -0.25) is 4.79 Å². The van der Waals surface area contributed by atoms with Gasteiger partial charge in [-0.15, -0.1) is 11.3 Å². The molecule has 72 valence electrons. The molecule has 0 radical (unpaired) electrons. The van der Waals surface area contributed by atoms with Crippen LogP contribution in [0.1, 0.15) is 17.6 Å². The van der Waals surface area contributed by atoms with Gasteiger partial charge in [0.25, 0.3) is 0 Å². The molecule has 1 aromatic rings. The molecule has 0 saturated heterocycles. The molecule has 0 aliphatic rings. The molecule has 4 heteroatoms. The van der Waals surface area contributed by atoms with Gasteiger partial charge >= 0.3 is 0 Å². The molecule has 0 spiro atoms. The van der Waals surface area contributed by atoms with E-state index in [0.29, 0.717) is 13.0 Å². The minimum Gasteiger partial charge on any atom is -0.310 e. The molecule has 1 rings (SSSR count). The molecule has 1 aromatic heterocycles. The lowest BCUT2D eigenvalue weighted by atomic mass is 10.2. The largest absolute Gasteiger partial charge is 0.310 e. The van der Waals surface area contributed by atoms with Crippen molar-refractivity contribution in [1.29, 1.82) is 0 Å². The van der Waals surface area contributed by atoms with Crippen LogP contribution >= 0.6 is 11.3 Å². The highest BCUT2D eigenvalue weighted by Crippen LogP contribution is 2.08. The van der Waals surface area contributed by atoms with Crippen molar-refractivity contribution in [2.75, 3.05) is 13.1 Å². The summed E-state index contributed by atoms with van der Waals surface area (Å²) in [6, 6.07) is 0. The molecule has 0 aromatic carbocycles. The van der Waals surface area contributed by atoms with Gasteiger partial charge in [0.15, 0.2) is 5.78 Å². The number of aryl methyl sites for hydroxylation is 1. The van der Waals surface area contributed by atoms with Gasteiger partial charge in [-0.05, 0) is 13.5 Å². The maximum atomic E-state index is 11.3. The summed E-state index contributed by atoms with van der Waals surface area (Å²) in [5.41, 5.74) is 0.894. The second kappa shape index (κ2) is 5.09. The van der Waals surface area contributed by atoms with E-state index in [1.165, 1.54) is 0 Å². The van der Waals surface area contributed by atoms with Crippen molar-refractivity contribution in [3.8, 4) is 0 Å². The lowest BCUT2D eigenvalue weighted by Crippen LogP contribution is -2.23. The summed E-state index contributed by atoms with van der Waals surface area (Å²) in [6.07, 6.45) is 0.456. The molecule has 0 amide bonds. The van der Waals surface area contributed by atoms with E-state index in [9.17, 15) is 4.79 Å². The fourth-order valence-corrected chi connectivity index (χ4v) is 1.63. The summed E-state index contributed by atoms with van der Waals surface area (Å²) in [5, 5.41) is 5.96. The number of hydrogen-bond donors (Lipinski definition) is 1. The van der Waals surface area contributed by atoms with Gasteiger partial charge < -0.3 is 5.32 Å². The molecule has 1 heterocycles. The third kappa shape index (κ3) is 3.65. The quantitative estimate of drug-likeness (QED) is 0.772. The molecule has 0 fully saturated rings. The minimum atomic E-state index is 0.201. The van der Waals surface area contributed by atoms with E-state index in [-0.39, 0.29) is 5.78 Å². The Morgan fingerprint density at radius 1 is 1.69 bits per heavy atom. The van der Waals surface area contributed by atoms with Gasteiger partial charge in [0.2, 0.25) is 0 Å². The van der Waals surface area contributed by atoms with Crippen LogP contribution in [0.25, 0.3) is 0 Å². The number of nitrogens with zero attached hydrogens (tertiary/aromatic N) is 1. The number of aromatic nitrogens is 1. The van der Waals surface area contributed by atoms with Crippen LogP contribution in [-0.4, -0.2) is 23.9 Å². The van der Waals surface area contributed by atoms with E-state index in [0.717, 1.165) is 17.2 Å². The number of thiazole rings is 1. The van der Waals surface area contributed by atoms with E-state index in [1.807, 2.05) is 19.2 Å². The Morgan fingerprint density at radius 2 is 2.46 bits per heavy atom. The Hall–Kier alpha value is -0.740. The highest BCUT2D eigenvalue weighted by molar-refractivity contribution is 7.09. The Balaban J connectivity index is 2.36. The van der Waals surface area contributed by atoms with Crippen molar-refractivity contribution < 1.29 is 4.79 Å². The predicted molar refractivity (Wildman–Crippen MR) is 54.1 cm³/mol. The van der Waals surface area contributed by atoms with Crippen LogP contribution in [0.2, 0.25) is 0 Å². The number of likely N-dealkylation sites (N-methyl/N-ethyl adjacent to an activating group) is 1. The van der Waals surface area contributed by atoms with Crippen molar-refractivity contribution >= 4 is 17.1 Å². The third-order valence-electron chi connectivity index (χ3n) is 1.62. The van der Waals surface area contributed by atoms with E-state index >= 15 is 0 Å². The van der Waals surface area contributed by atoms with Crippen molar-refractivity contribution in [2.45, 2.75) is 20.3 Å². The first-order valence-electron chi connectivity index (χ1n) is 4.35. The topological polar surface area (TPSA) is 42.0 Å². The first kappa shape index (κ1) is 10.3. The maximum Gasteiger partial charge on any atom is 0.152 e. The molecule has 0 atom stereocenters. The second-order valence-electron chi connectivity index (χ2n) is 2.85. The van der Waals surface area contributed by atoms with Crippen LogP contribution in [0.4, 0.5) is 0 Å². The van der Waals surface area contributed by atoms with E-state index < -0.39 is 0 Å². The zero-order chi connectivity index (χ0) is 9.68. The van der Waals surface area contributed by atoms with Gasteiger partial charge in [-0.1, -0.05) is 6.92 Å². The molecule has 0 saturated carbocycles. The van der Waals surface area contributed by atoms with Gasteiger partial charge in [-0.25, -0.2) is 4.98 Å². The molecule has 0 bridgehead atoms. The monoisotopic (exact) mass is 198 g/mol. The Labute approximate surface area is 82.2 Å². The molecular weight excluding hydrogens is 184 g/mol. The molecule has 0 aliphatic carbocycles. The number of carbonyl (C=O) groups is 1. The van der Waals surface area contributed by atoms with Crippen LogP contribution in [0.3, 0.4) is 0 Å². The average Bonchev–Trinajstić information content (AvgIpc) is 2.48. The summed E-state index contributed by atoms with van der Waals surface area (Å²) < 4.78 is 0. The summed E-state index contributed by atoms with van der Waals surface area (Å²) in [4.78, 5) is 15.5. The zero-order valence-corrected chi connectivity index (χ0v) is 8.78. The number of rotatable bonds is 5. The number of carbonyl (C=O) groups excluding carboxylic acids is 1. The summed E-state index contributed by atoms with van der Waals surface area (Å²) in [5.74, 6) is 0.201. The normalized spacial score (nSPS) is 10.3. The zero-order valence-electron chi connectivity index (χ0n) is 7.96. The predicted octanol–water partition coefficient (Wildman–Crippen LogP) is 1.17. The average molecular weight is 198 g/mol. The fraction of sp³-hybridized carbons (Fsp3) is 0.556. The molecule has 3 nitrogen and oxygen atoms in total. The Morgan fingerprint density at radius 3 is 3.00 bits per heavy atom. The van der Waals surface area contributed by atoms with Crippen LogP contribution in [-0.2, 0) is 11.2 Å². The fourth-order valence-electron chi connectivity index (χ4n) is 1.02.